The molecule has 116 valence electrons. The number of hydrogen-bond donors (Lipinski definition) is 1. The molecule has 2 atom stereocenters. The Kier molecular flexibility index (Phi) is 5.80. The summed E-state index contributed by atoms with van der Waals surface area (Å²) < 4.78 is 10.0. The molecule has 0 spiro atoms. The van der Waals surface area contributed by atoms with Crippen LogP contribution in [0.25, 0.3) is 0 Å². The Morgan fingerprint density at radius 2 is 2.00 bits per heavy atom. The van der Waals surface area contributed by atoms with Gasteiger partial charge < -0.3 is 19.7 Å². The summed E-state index contributed by atoms with van der Waals surface area (Å²) in [5, 5.41) is 2.74. The van der Waals surface area contributed by atoms with Crippen molar-refractivity contribution in [1.29, 1.82) is 0 Å². The molecule has 1 rings (SSSR count). The fourth-order valence-electron chi connectivity index (χ4n) is 2.41. The van der Waals surface area contributed by atoms with Crippen molar-refractivity contribution in [2.45, 2.75) is 32.8 Å². The molecule has 0 aromatic carbocycles. The van der Waals surface area contributed by atoms with Gasteiger partial charge in [0.25, 0.3) is 0 Å². The van der Waals surface area contributed by atoms with Gasteiger partial charge in [-0.15, -0.1) is 0 Å². The van der Waals surface area contributed by atoms with Crippen LogP contribution in [0.15, 0.2) is 0 Å². The largest absolute Gasteiger partial charge is 0.469 e. The van der Waals surface area contributed by atoms with Crippen LogP contribution < -0.4 is 5.32 Å². The number of ether oxygens (including phenoxy) is 2. The van der Waals surface area contributed by atoms with Crippen LogP contribution in [-0.4, -0.2) is 56.4 Å². The summed E-state index contributed by atoms with van der Waals surface area (Å²) in [7, 11) is 3.41. The predicted octanol–water partition coefficient (Wildman–Crippen LogP) is 1.25. The van der Waals surface area contributed by atoms with Crippen LogP contribution in [0.4, 0.5) is 4.79 Å². The van der Waals surface area contributed by atoms with Crippen molar-refractivity contribution in [1.82, 2.24) is 10.2 Å². The molecule has 0 unspecified atom stereocenters. The highest BCUT2D eigenvalue weighted by molar-refractivity contribution is 5.73. The highest BCUT2D eigenvalue weighted by atomic mass is 16.6. The molecule has 6 heteroatoms. The van der Waals surface area contributed by atoms with Gasteiger partial charge in [-0.1, -0.05) is 0 Å². The topological polar surface area (TPSA) is 67.9 Å². The zero-order valence-corrected chi connectivity index (χ0v) is 13.1. The van der Waals surface area contributed by atoms with Gasteiger partial charge in [0, 0.05) is 19.0 Å². The second-order valence-corrected chi connectivity index (χ2v) is 6.32. The lowest BCUT2D eigenvalue weighted by atomic mass is 9.85. The quantitative estimate of drug-likeness (QED) is 0.791. The van der Waals surface area contributed by atoms with E-state index in [1.165, 1.54) is 7.11 Å². The van der Waals surface area contributed by atoms with Gasteiger partial charge >= 0.3 is 12.1 Å². The fourth-order valence-corrected chi connectivity index (χ4v) is 2.41. The molecule has 1 aliphatic heterocycles. The van der Waals surface area contributed by atoms with Crippen molar-refractivity contribution in [3.63, 3.8) is 0 Å². The number of esters is 1. The molecular weight excluding hydrogens is 260 g/mol. The molecule has 6 nitrogen and oxygen atoms in total. The summed E-state index contributed by atoms with van der Waals surface area (Å²) in [5.74, 6) is -0.311. The van der Waals surface area contributed by atoms with E-state index in [4.69, 9.17) is 9.47 Å². The molecule has 0 aliphatic carbocycles. The second-order valence-electron chi connectivity index (χ2n) is 6.32. The molecule has 0 aromatic rings. The van der Waals surface area contributed by atoms with E-state index in [0.29, 0.717) is 6.54 Å². The third kappa shape index (κ3) is 5.36. The summed E-state index contributed by atoms with van der Waals surface area (Å²) in [5.41, 5.74) is -0.519. The Hall–Kier alpha value is -1.30. The molecule has 0 saturated carbocycles. The van der Waals surface area contributed by atoms with Crippen molar-refractivity contribution >= 4 is 12.1 Å². The van der Waals surface area contributed by atoms with Crippen molar-refractivity contribution in [3.8, 4) is 0 Å². The third-order valence-electron chi connectivity index (χ3n) is 3.35. The Balaban J connectivity index is 2.53. The van der Waals surface area contributed by atoms with Crippen LogP contribution in [0.5, 0.6) is 0 Å². The van der Waals surface area contributed by atoms with Gasteiger partial charge in [-0.05, 0) is 40.8 Å². The Morgan fingerprint density at radius 3 is 2.55 bits per heavy atom. The van der Waals surface area contributed by atoms with E-state index in [1.54, 1.807) is 0 Å². The first-order valence-electron chi connectivity index (χ1n) is 6.96. The minimum Gasteiger partial charge on any atom is -0.469 e. The summed E-state index contributed by atoms with van der Waals surface area (Å²) in [6, 6.07) is 0. The molecule has 1 saturated heterocycles. The van der Waals surface area contributed by atoms with E-state index >= 15 is 0 Å². The van der Waals surface area contributed by atoms with Crippen molar-refractivity contribution in [3.05, 3.63) is 0 Å². The fraction of sp³-hybridized carbons (Fsp3) is 0.857. The van der Waals surface area contributed by atoms with Crippen LogP contribution in [0, 0.1) is 11.8 Å². The maximum Gasteiger partial charge on any atom is 0.407 e. The van der Waals surface area contributed by atoms with Gasteiger partial charge in [-0.3, -0.25) is 4.79 Å². The number of amides is 1. The van der Waals surface area contributed by atoms with Crippen LogP contribution in [0.3, 0.4) is 0 Å². The number of rotatable bonds is 3. The van der Waals surface area contributed by atoms with Gasteiger partial charge in [0.15, 0.2) is 0 Å². The number of piperidine rings is 1. The van der Waals surface area contributed by atoms with Gasteiger partial charge in [-0.25, -0.2) is 4.79 Å². The van der Waals surface area contributed by atoms with E-state index in [2.05, 4.69) is 10.2 Å². The van der Waals surface area contributed by atoms with Crippen molar-refractivity contribution in [2.24, 2.45) is 11.8 Å². The summed E-state index contributed by atoms with van der Waals surface area (Å²) in [4.78, 5) is 25.6. The Morgan fingerprint density at radius 1 is 1.35 bits per heavy atom. The zero-order chi connectivity index (χ0) is 15.3. The van der Waals surface area contributed by atoms with Gasteiger partial charge in [0.05, 0.1) is 13.0 Å². The van der Waals surface area contributed by atoms with Crippen LogP contribution in [0.1, 0.15) is 27.2 Å². The summed E-state index contributed by atoms with van der Waals surface area (Å²) >= 11 is 0. The van der Waals surface area contributed by atoms with E-state index in [0.717, 1.165) is 19.5 Å². The van der Waals surface area contributed by atoms with Gasteiger partial charge in [-0.2, -0.15) is 0 Å². The molecule has 0 bridgehead atoms. The number of nitrogens with zero attached hydrogens (tertiary/aromatic N) is 1. The first-order chi connectivity index (χ1) is 9.23. The van der Waals surface area contributed by atoms with E-state index in [-0.39, 0.29) is 17.8 Å². The number of methoxy groups -OCH3 is 1. The number of likely N-dealkylation sites (tertiary alicyclic amines) is 1. The lowest BCUT2D eigenvalue weighted by molar-refractivity contribution is -0.149. The maximum absolute atomic E-state index is 11.8. The number of alkyl carbamates (subject to hydrolysis) is 1. The molecule has 0 radical (unpaired) electrons. The SMILES string of the molecule is COC(=O)[C@H]1CCN(C)C[C@H]1CNC(=O)OC(C)(C)C. The summed E-state index contributed by atoms with van der Waals surface area (Å²) in [6.07, 6.45) is 0.304. The Bertz CT molecular complexity index is 352. The zero-order valence-electron chi connectivity index (χ0n) is 13.1. The van der Waals surface area contributed by atoms with Crippen LogP contribution in [0.2, 0.25) is 0 Å². The number of hydrogen-bond acceptors (Lipinski definition) is 5. The summed E-state index contributed by atoms with van der Waals surface area (Å²) in [6.45, 7) is 7.49. The molecule has 0 aromatic heterocycles. The predicted molar refractivity (Wildman–Crippen MR) is 75.3 cm³/mol. The number of carbonyl (C=O) groups excluding carboxylic acids is 2. The normalized spacial score (nSPS) is 24.1. The smallest absolute Gasteiger partial charge is 0.407 e. The number of nitrogens with one attached hydrogen (secondary N) is 1. The van der Waals surface area contributed by atoms with Gasteiger partial charge in [0.1, 0.15) is 5.60 Å². The standard InChI is InChI=1S/C14H26N2O4/c1-14(2,3)20-13(18)15-8-10-9-16(4)7-6-11(10)12(17)19-5/h10-11H,6-9H2,1-5H3,(H,15,18)/t10-,11+/m1/s1. The first kappa shape index (κ1) is 16.8. The molecule has 20 heavy (non-hydrogen) atoms. The van der Waals surface area contributed by atoms with Crippen molar-refractivity contribution < 1.29 is 19.1 Å². The average molecular weight is 286 g/mol. The van der Waals surface area contributed by atoms with E-state index < -0.39 is 11.7 Å². The molecular formula is C14H26N2O4. The highest BCUT2D eigenvalue weighted by Crippen LogP contribution is 2.23. The molecule has 1 heterocycles. The second kappa shape index (κ2) is 6.92. The molecule has 1 N–H and O–H groups in total. The molecule has 1 amide bonds. The lowest BCUT2D eigenvalue weighted by Crippen LogP contribution is -2.47. The van der Waals surface area contributed by atoms with E-state index in [1.807, 2.05) is 27.8 Å². The van der Waals surface area contributed by atoms with Crippen LogP contribution in [-0.2, 0) is 14.3 Å². The van der Waals surface area contributed by atoms with Crippen molar-refractivity contribution in [2.75, 3.05) is 33.8 Å². The Labute approximate surface area is 120 Å². The minimum absolute atomic E-state index is 0.0497. The molecule has 1 aliphatic rings. The lowest BCUT2D eigenvalue weighted by Gasteiger charge is -2.35. The third-order valence-corrected chi connectivity index (χ3v) is 3.35. The van der Waals surface area contributed by atoms with Crippen LogP contribution >= 0.6 is 0 Å². The monoisotopic (exact) mass is 286 g/mol. The molecule has 1 fully saturated rings. The van der Waals surface area contributed by atoms with E-state index in [9.17, 15) is 9.59 Å². The maximum atomic E-state index is 11.8. The highest BCUT2D eigenvalue weighted by Gasteiger charge is 2.34. The average Bonchev–Trinajstić information content (AvgIpc) is 2.33. The number of carbonyl (C=O) groups is 2. The minimum atomic E-state index is -0.519. The van der Waals surface area contributed by atoms with Gasteiger partial charge in [0.2, 0.25) is 0 Å². The first-order valence-corrected chi connectivity index (χ1v) is 6.96.